The van der Waals surface area contributed by atoms with Gasteiger partial charge in [-0.2, -0.15) is 0 Å². The molecule has 2 nitrogen and oxygen atoms in total. The average molecular weight is 231 g/mol. The fourth-order valence-electron chi connectivity index (χ4n) is 1.50. The van der Waals surface area contributed by atoms with Crippen LogP contribution in [0.15, 0.2) is 30.3 Å². The third kappa shape index (κ3) is 4.85. The molecule has 0 fully saturated rings. The van der Waals surface area contributed by atoms with Crippen LogP contribution in [0, 0.1) is 0 Å². The highest BCUT2D eigenvalue weighted by atomic mass is 16.1. The SMILES string of the molecule is CC(C)NC(=O)C=Cc1ccc(C(C)C)cc1. The summed E-state index contributed by atoms with van der Waals surface area (Å²) in [5.41, 5.74) is 2.36. The van der Waals surface area contributed by atoms with Crippen LogP contribution in [0.1, 0.15) is 44.7 Å². The number of rotatable bonds is 4. The van der Waals surface area contributed by atoms with Gasteiger partial charge >= 0.3 is 0 Å². The van der Waals surface area contributed by atoms with Gasteiger partial charge in [0, 0.05) is 12.1 Å². The molecule has 0 aliphatic carbocycles. The lowest BCUT2D eigenvalue weighted by Crippen LogP contribution is -2.28. The first kappa shape index (κ1) is 13.5. The second kappa shape index (κ2) is 6.24. The second-order valence-electron chi connectivity index (χ2n) is 4.82. The predicted octanol–water partition coefficient (Wildman–Crippen LogP) is 3.35. The molecule has 1 aromatic rings. The fourth-order valence-corrected chi connectivity index (χ4v) is 1.50. The van der Waals surface area contributed by atoms with Crippen LogP contribution in [-0.2, 0) is 4.79 Å². The molecule has 0 atom stereocenters. The van der Waals surface area contributed by atoms with Gasteiger partial charge in [0.2, 0.25) is 5.91 Å². The Labute approximate surface area is 104 Å². The molecule has 2 heteroatoms. The fraction of sp³-hybridized carbons (Fsp3) is 0.400. The Morgan fingerprint density at radius 3 is 2.18 bits per heavy atom. The first-order valence-corrected chi connectivity index (χ1v) is 6.07. The van der Waals surface area contributed by atoms with E-state index in [-0.39, 0.29) is 11.9 Å². The second-order valence-corrected chi connectivity index (χ2v) is 4.82. The van der Waals surface area contributed by atoms with E-state index in [0.717, 1.165) is 5.56 Å². The first-order chi connectivity index (χ1) is 7.99. The Kier molecular flexibility index (Phi) is 4.95. The Morgan fingerprint density at radius 1 is 1.12 bits per heavy atom. The van der Waals surface area contributed by atoms with E-state index < -0.39 is 0 Å². The number of carbonyl (C=O) groups is 1. The zero-order valence-corrected chi connectivity index (χ0v) is 11.0. The molecule has 0 radical (unpaired) electrons. The van der Waals surface area contributed by atoms with Crippen molar-refractivity contribution in [3.63, 3.8) is 0 Å². The van der Waals surface area contributed by atoms with Gasteiger partial charge in [-0.25, -0.2) is 0 Å². The van der Waals surface area contributed by atoms with Gasteiger partial charge in [-0.1, -0.05) is 38.1 Å². The van der Waals surface area contributed by atoms with E-state index in [1.807, 2.05) is 32.1 Å². The van der Waals surface area contributed by atoms with Crippen molar-refractivity contribution in [2.45, 2.75) is 39.7 Å². The lowest BCUT2D eigenvalue weighted by molar-refractivity contribution is -0.116. The van der Waals surface area contributed by atoms with Crippen LogP contribution in [0.5, 0.6) is 0 Å². The van der Waals surface area contributed by atoms with E-state index in [4.69, 9.17) is 0 Å². The molecule has 0 unspecified atom stereocenters. The van der Waals surface area contributed by atoms with Crippen molar-refractivity contribution in [1.29, 1.82) is 0 Å². The molecule has 0 bridgehead atoms. The molecule has 0 saturated carbocycles. The third-order valence-electron chi connectivity index (χ3n) is 2.46. The summed E-state index contributed by atoms with van der Waals surface area (Å²) in [7, 11) is 0. The number of hydrogen-bond donors (Lipinski definition) is 1. The van der Waals surface area contributed by atoms with Gasteiger partial charge in [-0.05, 0) is 37.0 Å². The minimum atomic E-state index is -0.0482. The summed E-state index contributed by atoms with van der Waals surface area (Å²) in [6.07, 6.45) is 3.41. The van der Waals surface area contributed by atoms with Crippen LogP contribution in [0.2, 0.25) is 0 Å². The number of hydrogen-bond acceptors (Lipinski definition) is 1. The lowest BCUT2D eigenvalue weighted by Gasteiger charge is -2.05. The lowest BCUT2D eigenvalue weighted by atomic mass is 10.0. The van der Waals surface area contributed by atoms with E-state index in [9.17, 15) is 4.79 Å². The number of carbonyl (C=O) groups excluding carboxylic acids is 1. The summed E-state index contributed by atoms with van der Waals surface area (Å²) in [5.74, 6) is 0.491. The molecule has 0 saturated heterocycles. The maximum atomic E-state index is 11.4. The summed E-state index contributed by atoms with van der Waals surface area (Å²) in [6.45, 7) is 8.23. The maximum Gasteiger partial charge on any atom is 0.244 e. The van der Waals surface area contributed by atoms with E-state index >= 15 is 0 Å². The third-order valence-corrected chi connectivity index (χ3v) is 2.46. The van der Waals surface area contributed by atoms with Crippen molar-refractivity contribution in [3.8, 4) is 0 Å². The molecule has 0 heterocycles. The average Bonchev–Trinajstić information content (AvgIpc) is 2.26. The molecule has 1 N–H and O–H groups in total. The molecule has 0 aliphatic heterocycles. The molecule has 17 heavy (non-hydrogen) atoms. The van der Waals surface area contributed by atoms with Crippen LogP contribution < -0.4 is 5.32 Å². The molecule has 1 rings (SSSR count). The molecular formula is C15H21NO. The summed E-state index contributed by atoms with van der Waals surface area (Å²) >= 11 is 0. The topological polar surface area (TPSA) is 29.1 Å². The quantitative estimate of drug-likeness (QED) is 0.791. The minimum absolute atomic E-state index is 0.0482. The number of nitrogens with one attached hydrogen (secondary N) is 1. The van der Waals surface area contributed by atoms with Crippen molar-refractivity contribution < 1.29 is 4.79 Å². The van der Waals surface area contributed by atoms with Crippen LogP contribution in [0.25, 0.3) is 6.08 Å². The van der Waals surface area contributed by atoms with Crippen molar-refractivity contribution in [1.82, 2.24) is 5.32 Å². The van der Waals surface area contributed by atoms with Crippen LogP contribution in [0.3, 0.4) is 0 Å². The van der Waals surface area contributed by atoms with Crippen LogP contribution >= 0.6 is 0 Å². The number of benzene rings is 1. The molecule has 1 aromatic carbocycles. The van der Waals surface area contributed by atoms with Crippen molar-refractivity contribution in [2.75, 3.05) is 0 Å². The molecule has 0 aliphatic rings. The highest BCUT2D eigenvalue weighted by Crippen LogP contribution is 2.15. The molecule has 0 spiro atoms. The Hall–Kier alpha value is -1.57. The van der Waals surface area contributed by atoms with Gasteiger partial charge in [0.25, 0.3) is 0 Å². The van der Waals surface area contributed by atoms with Gasteiger partial charge in [0.1, 0.15) is 0 Å². The summed E-state index contributed by atoms with van der Waals surface area (Å²) in [6, 6.07) is 8.45. The molecule has 92 valence electrons. The summed E-state index contributed by atoms with van der Waals surface area (Å²) in [4.78, 5) is 11.4. The van der Waals surface area contributed by atoms with Crippen molar-refractivity contribution in [2.24, 2.45) is 0 Å². The van der Waals surface area contributed by atoms with Crippen LogP contribution in [-0.4, -0.2) is 11.9 Å². The van der Waals surface area contributed by atoms with Gasteiger partial charge in [0.15, 0.2) is 0 Å². The molecule has 0 aromatic heterocycles. The van der Waals surface area contributed by atoms with Gasteiger partial charge in [-0.15, -0.1) is 0 Å². The monoisotopic (exact) mass is 231 g/mol. The normalized spacial score (nSPS) is 11.4. The van der Waals surface area contributed by atoms with Gasteiger partial charge in [-0.3, -0.25) is 4.79 Å². The highest BCUT2D eigenvalue weighted by molar-refractivity contribution is 5.91. The summed E-state index contributed by atoms with van der Waals surface area (Å²) < 4.78 is 0. The smallest absolute Gasteiger partial charge is 0.244 e. The largest absolute Gasteiger partial charge is 0.350 e. The molecular weight excluding hydrogens is 210 g/mol. The first-order valence-electron chi connectivity index (χ1n) is 6.07. The Balaban J connectivity index is 2.63. The maximum absolute atomic E-state index is 11.4. The van der Waals surface area contributed by atoms with E-state index in [1.165, 1.54) is 5.56 Å². The van der Waals surface area contributed by atoms with E-state index in [2.05, 4.69) is 31.3 Å². The van der Waals surface area contributed by atoms with E-state index in [0.29, 0.717) is 5.92 Å². The predicted molar refractivity (Wildman–Crippen MR) is 72.8 cm³/mol. The zero-order valence-electron chi connectivity index (χ0n) is 11.0. The van der Waals surface area contributed by atoms with Crippen molar-refractivity contribution >= 4 is 12.0 Å². The van der Waals surface area contributed by atoms with Crippen LogP contribution in [0.4, 0.5) is 0 Å². The van der Waals surface area contributed by atoms with Gasteiger partial charge < -0.3 is 5.32 Å². The standard InChI is InChI=1S/C15H21NO/c1-11(2)14-8-5-13(6-9-14)7-10-15(17)16-12(3)4/h5-12H,1-4H3,(H,16,17). The summed E-state index contributed by atoms with van der Waals surface area (Å²) in [5, 5.41) is 2.82. The van der Waals surface area contributed by atoms with Crippen molar-refractivity contribution in [3.05, 3.63) is 41.5 Å². The Bertz CT molecular complexity index is 388. The molecule has 1 amide bonds. The zero-order chi connectivity index (χ0) is 12.8. The van der Waals surface area contributed by atoms with Gasteiger partial charge in [0.05, 0.1) is 0 Å². The minimum Gasteiger partial charge on any atom is -0.350 e. The number of amides is 1. The highest BCUT2D eigenvalue weighted by Gasteiger charge is 1.99. The van der Waals surface area contributed by atoms with E-state index in [1.54, 1.807) is 6.08 Å². The Morgan fingerprint density at radius 2 is 1.71 bits per heavy atom.